The van der Waals surface area contributed by atoms with Gasteiger partial charge in [0.2, 0.25) is 0 Å². The highest BCUT2D eigenvalue weighted by atomic mass is 16.5. The molecule has 1 aromatic carbocycles. The van der Waals surface area contributed by atoms with Crippen LogP contribution in [0, 0.1) is 12.8 Å². The number of aryl methyl sites for hydroxylation is 1. The first kappa shape index (κ1) is 19.6. The zero-order valence-electron chi connectivity index (χ0n) is 17.2. The number of carbonyl (C=O) groups is 1. The Morgan fingerprint density at radius 1 is 1.17 bits per heavy atom. The van der Waals surface area contributed by atoms with E-state index in [2.05, 4.69) is 33.2 Å². The van der Waals surface area contributed by atoms with Gasteiger partial charge < -0.3 is 19.9 Å². The summed E-state index contributed by atoms with van der Waals surface area (Å²) in [5, 5.41) is 3.41. The quantitative estimate of drug-likeness (QED) is 0.857. The molecule has 1 N–H and O–H groups in total. The molecule has 1 unspecified atom stereocenters. The van der Waals surface area contributed by atoms with Crippen LogP contribution in [0.5, 0.6) is 0 Å². The SMILES string of the molecule is Cc1nc(Nc2ccccc2N2CCOCC2)cc(C(=O)N2CCCC(C)C2)n1. The number of rotatable bonds is 4. The van der Waals surface area contributed by atoms with Gasteiger partial charge in [-0.15, -0.1) is 0 Å². The van der Waals surface area contributed by atoms with Gasteiger partial charge >= 0.3 is 0 Å². The van der Waals surface area contributed by atoms with Crippen LogP contribution in [0.3, 0.4) is 0 Å². The largest absolute Gasteiger partial charge is 0.378 e. The van der Waals surface area contributed by atoms with Crippen molar-refractivity contribution >= 4 is 23.1 Å². The second kappa shape index (κ2) is 8.78. The standard InChI is InChI=1S/C22H29N5O2/c1-16-6-5-9-27(15-16)22(28)19-14-21(24-17(2)23-19)25-18-7-3-4-8-20(18)26-10-12-29-13-11-26/h3-4,7-8,14,16H,5-6,9-13,15H2,1-2H3,(H,23,24,25). The average molecular weight is 396 g/mol. The molecule has 2 aromatic rings. The first-order chi connectivity index (χ1) is 14.1. The molecule has 0 aliphatic carbocycles. The number of morpholine rings is 1. The van der Waals surface area contributed by atoms with Gasteiger partial charge in [0.15, 0.2) is 0 Å². The Kier molecular flexibility index (Phi) is 5.94. The number of nitrogens with zero attached hydrogens (tertiary/aromatic N) is 4. The van der Waals surface area contributed by atoms with Gasteiger partial charge in [-0.3, -0.25) is 4.79 Å². The van der Waals surface area contributed by atoms with Gasteiger partial charge in [-0.2, -0.15) is 0 Å². The van der Waals surface area contributed by atoms with Gasteiger partial charge in [-0.05, 0) is 37.8 Å². The van der Waals surface area contributed by atoms with E-state index in [0.717, 1.165) is 57.2 Å². The summed E-state index contributed by atoms with van der Waals surface area (Å²) in [4.78, 5) is 26.2. The van der Waals surface area contributed by atoms with Crippen LogP contribution in [0.15, 0.2) is 30.3 Å². The molecule has 1 amide bonds. The van der Waals surface area contributed by atoms with Crippen LogP contribution < -0.4 is 10.2 Å². The minimum Gasteiger partial charge on any atom is -0.378 e. The Hall–Kier alpha value is -2.67. The maximum absolute atomic E-state index is 13.0. The Labute approximate surface area is 172 Å². The summed E-state index contributed by atoms with van der Waals surface area (Å²) in [6.07, 6.45) is 2.23. The lowest BCUT2D eigenvalue weighted by Gasteiger charge is -2.31. The smallest absolute Gasteiger partial charge is 0.272 e. The van der Waals surface area contributed by atoms with Crippen molar-refractivity contribution in [3.05, 3.63) is 41.9 Å². The van der Waals surface area contributed by atoms with Gasteiger partial charge in [0.1, 0.15) is 17.3 Å². The Bertz CT molecular complexity index is 866. The second-order valence-corrected chi connectivity index (χ2v) is 7.93. The maximum atomic E-state index is 13.0. The van der Waals surface area contributed by atoms with Gasteiger partial charge in [0.05, 0.1) is 24.6 Å². The molecule has 29 heavy (non-hydrogen) atoms. The van der Waals surface area contributed by atoms with Crippen LogP contribution in [0.2, 0.25) is 0 Å². The van der Waals surface area contributed by atoms with E-state index >= 15 is 0 Å². The fourth-order valence-corrected chi connectivity index (χ4v) is 4.07. The van der Waals surface area contributed by atoms with Gasteiger partial charge in [-0.25, -0.2) is 9.97 Å². The zero-order chi connectivity index (χ0) is 20.2. The fraction of sp³-hybridized carbons (Fsp3) is 0.500. The summed E-state index contributed by atoms with van der Waals surface area (Å²) in [6.45, 7) is 8.80. The van der Waals surface area contributed by atoms with Crippen LogP contribution in [0.25, 0.3) is 0 Å². The van der Waals surface area contributed by atoms with Crippen molar-refractivity contribution in [2.75, 3.05) is 49.6 Å². The third kappa shape index (κ3) is 4.67. The summed E-state index contributed by atoms with van der Waals surface area (Å²) >= 11 is 0. The number of piperidine rings is 1. The number of hydrogen-bond acceptors (Lipinski definition) is 6. The Balaban J connectivity index is 1.56. The van der Waals surface area contributed by atoms with E-state index in [4.69, 9.17) is 4.74 Å². The number of amides is 1. The molecule has 7 heteroatoms. The van der Waals surface area contributed by atoms with E-state index in [-0.39, 0.29) is 5.91 Å². The molecular weight excluding hydrogens is 366 g/mol. The zero-order valence-corrected chi connectivity index (χ0v) is 17.2. The van der Waals surface area contributed by atoms with Crippen molar-refractivity contribution in [3.8, 4) is 0 Å². The fourth-order valence-electron chi connectivity index (χ4n) is 4.07. The molecule has 4 rings (SSSR count). The first-order valence-electron chi connectivity index (χ1n) is 10.4. The molecule has 2 aliphatic heterocycles. The van der Waals surface area contributed by atoms with Crippen LogP contribution in [-0.2, 0) is 4.74 Å². The number of para-hydroxylation sites is 2. The summed E-state index contributed by atoms with van der Waals surface area (Å²) in [6, 6.07) is 9.94. The molecule has 7 nitrogen and oxygen atoms in total. The van der Waals surface area contributed by atoms with Crippen molar-refractivity contribution in [2.24, 2.45) is 5.92 Å². The van der Waals surface area contributed by atoms with E-state index in [1.165, 1.54) is 6.42 Å². The minimum absolute atomic E-state index is 0.00781. The van der Waals surface area contributed by atoms with E-state index in [1.54, 1.807) is 6.07 Å². The molecule has 0 bridgehead atoms. The third-order valence-electron chi connectivity index (χ3n) is 5.52. The average Bonchev–Trinajstić information content (AvgIpc) is 2.74. The van der Waals surface area contributed by atoms with E-state index in [1.807, 2.05) is 30.0 Å². The molecule has 1 aromatic heterocycles. The Morgan fingerprint density at radius 3 is 2.76 bits per heavy atom. The lowest BCUT2D eigenvalue weighted by atomic mass is 10.00. The predicted octanol–water partition coefficient (Wildman–Crippen LogP) is 3.24. The number of likely N-dealkylation sites (tertiary alicyclic amines) is 1. The normalized spacial score (nSPS) is 19.9. The highest BCUT2D eigenvalue weighted by Gasteiger charge is 2.24. The molecule has 3 heterocycles. The predicted molar refractivity (Wildman–Crippen MR) is 114 cm³/mol. The van der Waals surface area contributed by atoms with E-state index in [9.17, 15) is 4.79 Å². The summed E-state index contributed by atoms with van der Waals surface area (Å²) in [5.74, 6) is 1.76. The van der Waals surface area contributed by atoms with Gasteiger partial charge in [0, 0.05) is 32.2 Å². The van der Waals surface area contributed by atoms with E-state index < -0.39 is 0 Å². The minimum atomic E-state index is -0.00781. The molecule has 0 radical (unpaired) electrons. The second-order valence-electron chi connectivity index (χ2n) is 7.93. The molecule has 2 saturated heterocycles. The summed E-state index contributed by atoms with van der Waals surface area (Å²) < 4.78 is 5.48. The van der Waals surface area contributed by atoms with Crippen molar-refractivity contribution in [3.63, 3.8) is 0 Å². The molecule has 0 spiro atoms. The Morgan fingerprint density at radius 2 is 1.97 bits per heavy atom. The van der Waals surface area contributed by atoms with E-state index in [0.29, 0.717) is 23.3 Å². The van der Waals surface area contributed by atoms with Crippen molar-refractivity contribution in [1.82, 2.24) is 14.9 Å². The molecule has 1 atom stereocenters. The number of ether oxygens (including phenoxy) is 1. The van der Waals surface area contributed by atoms with Crippen LogP contribution in [0.4, 0.5) is 17.2 Å². The van der Waals surface area contributed by atoms with Crippen LogP contribution in [-0.4, -0.2) is 60.2 Å². The number of aromatic nitrogens is 2. The van der Waals surface area contributed by atoms with Gasteiger partial charge in [0.25, 0.3) is 5.91 Å². The lowest BCUT2D eigenvalue weighted by molar-refractivity contribution is 0.0676. The molecule has 2 fully saturated rings. The molecule has 154 valence electrons. The van der Waals surface area contributed by atoms with Crippen molar-refractivity contribution < 1.29 is 9.53 Å². The topological polar surface area (TPSA) is 70.6 Å². The maximum Gasteiger partial charge on any atom is 0.272 e. The molecule has 2 aliphatic rings. The molecule has 0 saturated carbocycles. The number of carbonyl (C=O) groups excluding carboxylic acids is 1. The molecular formula is C22H29N5O2. The number of hydrogen-bond donors (Lipinski definition) is 1. The van der Waals surface area contributed by atoms with Gasteiger partial charge in [-0.1, -0.05) is 19.1 Å². The van der Waals surface area contributed by atoms with Crippen molar-refractivity contribution in [2.45, 2.75) is 26.7 Å². The third-order valence-corrected chi connectivity index (χ3v) is 5.52. The van der Waals surface area contributed by atoms with Crippen molar-refractivity contribution in [1.29, 1.82) is 0 Å². The highest BCUT2D eigenvalue weighted by molar-refractivity contribution is 5.93. The number of benzene rings is 1. The number of nitrogens with one attached hydrogen (secondary N) is 1. The summed E-state index contributed by atoms with van der Waals surface area (Å²) in [5.41, 5.74) is 2.54. The monoisotopic (exact) mass is 395 g/mol. The highest BCUT2D eigenvalue weighted by Crippen LogP contribution is 2.29. The van der Waals surface area contributed by atoms with Crippen LogP contribution in [0.1, 0.15) is 36.1 Å². The number of anilines is 3. The summed E-state index contributed by atoms with van der Waals surface area (Å²) in [7, 11) is 0. The first-order valence-corrected chi connectivity index (χ1v) is 10.4. The lowest BCUT2D eigenvalue weighted by Crippen LogP contribution is -2.39. The van der Waals surface area contributed by atoms with Crippen LogP contribution >= 0.6 is 0 Å².